The summed E-state index contributed by atoms with van der Waals surface area (Å²) in [5.41, 5.74) is 4.50. The first-order valence-electron chi connectivity index (χ1n) is 5.87. The lowest BCUT2D eigenvalue weighted by Crippen LogP contribution is -2.12. The summed E-state index contributed by atoms with van der Waals surface area (Å²) in [7, 11) is 0. The van der Waals surface area contributed by atoms with E-state index in [0.29, 0.717) is 0 Å². The Labute approximate surface area is 95.8 Å². The molecule has 0 radical (unpaired) electrons. The van der Waals surface area contributed by atoms with Crippen LogP contribution in [0.15, 0.2) is 12.1 Å². The van der Waals surface area contributed by atoms with Crippen molar-refractivity contribution in [2.45, 2.75) is 38.1 Å². The Hall–Kier alpha value is -0.530. The minimum absolute atomic E-state index is 0.762. The van der Waals surface area contributed by atoms with Crippen LogP contribution in [0.5, 0.6) is 0 Å². The van der Waals surface area contributed by atoms with E-state index in [1.54, 1.807) is 5.56 Å². The lowest BCUT2D eigenvalue weighted by Gasteiger charge is -2.26. The average Bonchev–Trinajstić information content (AvgIpc) is 2.47. The van der Waals surface area contributed by atoms with Gasteiger partial charge in [-0.3, -0.25) is 0 Å². The van der Waals surface area contributed by atoms with Gasteiger partial charge in [-0.25, -0.2) is 0 Å². The number of hydrogen-bond acceptors (Lipinski definition) is 1. The molecule has 0 spiro atoms. The number of benzene rings is 1. The summed E-state index contributed by atoms with van der Waals surface area (Å²) in [4.78, 5) is 0. The third-order valence-corrected chi connectivity index (χ3v) is 4.12. The molecule has 0 saturated heterocycles. The van der Waals surface area contributed by atoms with Crippen molar-refractivity contribution in [1.29, 1.82) is 0 Å². The van der Waals surface area contributed by atoms with E-state index in [1.165, 1.54) is 36.8 Å². The van der Waals surface area contributed by atoms with Crippen LogP contribution in [0.3, 0.4) is 0 Å². The van der Waals surface area contributed by atoms with Gasteiger partial charge in [-0.05, 0) is 60.9 Å². The molecule has 1 unspecified atom stereocenters. The molecule has 0 bridgehead atoms. The molecule has 1 aliphatic heterocycles. The highest BCUT2D eigenvalue weighted by Crippen LogP contribution is 2.40. The predicted molar refractivity (Wildman–Crippen MR) is 63.5 cm³/mol. The number of halogens is 1. The summed E-state index contributed by atoms with van der Waals surface area (Å²) in [6.45, 7) is 2.17. The van der Waals surface area contributed by atoms with Gasteiger partial charge in [0.25, 0.3) is 0 Å². The Kier molecular flexibility index (Phi) is 2.45. The molecular weight excluding hydrogens is 206 g/mol. The topological polar surface area (TPSA) is 12.0 Å². The molecule has 80 valence electrons. The molecular formula is C13H16ClN. The second kappa shape index (κ2) is 3.80. The lowest BCUT2D eigenvalue weighted by atomic mass is 9.79. The third-order valence-electron chi connectivity index (χ3n) is 3.76. The zero-order chi connectivity index (χ0) is 10.3. The van der Waals surface area contributed by atoms with Gasteiger partial charge < -0.3 is 5.32 Å². The molecule has 0 amide bonds. The van der Waals surface area contributed by atoms with E-state index in [4.69, 9.17) is 11.6 Å². The van der Waals surface area contributed by atoms with E-state index in [-0.39, 0.29) is 0 Å². The minimum atomic E-state index is 0.762. The quantitative estimate of drug-likeness (QED) is 0.709. The fourth-order valence-electron chi connectivity index (χ4n) is 3.06. The van der Waals surface area contributed by atoms with Gasteiger partial charge in [0.1, 0.15) is 0 Å². The van der Waals surface area contributed by atoms with Crippen LogP contribution in [0.1, 0.15) is 41.9 Å². The minimum Gasteiger partial charge on any atom is -0.313 e. The van der Waals surface area contributed by atoms with Crippen LogP contribution in [-0.4, -0.2) is 6.54 Å². The zero-order valence-electron chi connectivity index (χ0n) is 8.85. The first-order valence-corrected chi connectivity index (χ1v) is 6.25. The molecule has 1 aliphatic carbocycles. The fraction of sp³-hybridized carbons (Fsp3) is 0.538. The molecule has 2 aliphatic rings. The van der Waals surface area contributed by atoms with Crippen molar-refractivity contribution in [2.24, 2.45) is 0 Å². The summed E-state index contributed by atoms with van der Waals surface area (Å²) < 4.78 is 0. The highest BCUT2D eigenvalue weighted by Gasteiger charge is 2.26. The number of hydrogen-bond donors (Lipinski definition) is 1. The summed E-state index contributed by atoms with van der Waals surface area (Å²) >= 11 is 6.29. The Morgan fingerprint density at radius 1 is 1.27 bits per heavy atom. The molecule has 1 N–H and O–H groups in total. The Balaban J connectivity index is 2.18. The molecule has 1 aromatic carbocycles. The first kappa shape index (κ1) is 9.68. The number of rotatable bonds is 0. The average molecular weight is 222 g/mol. The summed E-state index contributed by atoms with van der Waals surface area (Å²) in [5.74, 6) is 0.762. The van der Waals surface area contributed by atoms with Crippen molar-refractivity contribution in [2.75, 3.05) is 6.54 Å². The molecule has 15 heavy (non-hydrogen) atoms. The van der Waals surface area contributed by atoms with E-state index < -0.39 is 0 Å². The van der Waals surface area contributed by atoms with Crippen molar-refractivity contribution >= 4 is 11.6 Å². The molecule has 3 rings (SSSR count). The van der Waals surface area contributed by atoms with Crippen molar-refractivity contribution in [3.63, 3.8) is 0 Å². The predicted octanol–water partition coefficient (Wildman–Crippen LogP) is 3.25. The second-order valence-electron chi connectivity index (χ2n) is 4.65. The van der Waals surface area contributed by atoms with Gasteiger partial charge in [0.15, 0.2) is 0 Å². The van der Waals surface area contributed by atoms with E-state index in [9.17, 15) is 0 Å². The van der Waals surface area contributed by atoms with Gasteiger partial charge in [0, 0.05) is 11.6 Å². The summed E-state index contributed by atoms with van der Waals surface area (Å²) in [6.07, 6.45) is 5.11. The van der Waals surface area contributed by atoms with Crippen molar-refractivity contribution in [3.8, 4) is 0 Å². The van der Waals surface area contributed by atoms with Crippen LogP contribution in [0.4, 0.5) is 0 Å². The van der Waals surface area contributed by atoms with E-state index in [0.717, 1.165) is 24.0 Å². The van der Waals surface area contributed by atoms with Gasteiger partial charge in [-0.15, -0.1) is 0 Å². The standard InChI is InChI=1S/C13H16ClN/c14-12-5-4-10-8-15-7-6-9-2-1-3-11(12)13(9)10/h4-5,9,15H,1-3,6-8H2. The van der Waals surface area contributed by atoms with E-state index in [1.807, 2.05) is 0 Å². The van der Waals surface area contributed by atoms with Gasteiger partial charge in [0.2, 0.25) is 0 Å². The van der Waals surface area contributed by atoms with Crippen molar-refractivity contribution in [3.05, 3.63) is 33.8 Å². The molecule has 1 heterocycles. The van der Waals surface area contributed by atoms with Crippen molar-refractivity contribution in [1.82, 2.24) is 5.32 Å². The zero-order valence-corrected chi connectivity index (χ0v) is 9.61. The molecule has 1 atom stereocenters. The number of nitrogens with one attached hydrogen (secondary N) is 1. The fourth-order valence-corrected chi connectivity index (χ4v) is 3.32. The van der Waals surface area contributed by atoms with E-state index >= 15 is 0 Å². The molecule has 0 fully saturated rings. The molecule has 0 aromatic heterocycles. The van der Waals surface area contributed by atoms with E-state index in [2.05, 4.69) is 17.4 Å². The van der Waals surface area contributed by atoms with Crippen LogP contribution < -0.4 is 5.32 Å². The van der Waals surface area contributed by atoms with Crippen LogP contribution in [0.2, 0.25) is 5.02 Å². The summed E-state index contributed by atoms with van der Waals surface area (Å²) in [6, 6.07) is 4.28. The second-order valence-corrected chi connectivity index (χ2v) is 5.06. The SMILES string of the molecule is Clc1ccc2c3c1CCCC3CCNC2. The normalized spacial score (nSPS) is 24.5. The highest BCUT2D eigenvalue weighted by atomic mass is 35.5. The van der Waals surface area contributed by atoms with Gasteiger partial charge >= 0.3 is 0 Å². The monoisotopic (exact) mass is 221 g/mol. The lowest BCUT2D eigenvalue weighted by molar-refractivity contribution is 0.518. The Bertz CT molecular complexity index is 386. The van der Waals surface area contributed by atoms with Crippen molar-refractivity contribution < 1.29 is 0 Å². The van der Waals surface area contributed by atoms with Gasteiger partial charge in [-0.2, -0.15) is 0 Å². The molecule has 2 heteroatoms. The van der Waals surface area contributed by atoms with Gasteiger partial charge in [-0.1, -0.05) is 17.7 Å². The first-order chi connectivity index (χ1) is 7.36. The third kappa shape index (κ3) is 1.58. The maximum absolute atomic E-state index is 6.29. The molecule has 0 saturated carbocycles. The molecule has 1 nitrogen and oxygen atoms in total. The summed E-state index contributed by atoms with van der Waals surface area (Å²) in [5, 5.41) is 4.49. The van der Waals surface area contributed by atoms with Crippen LogP contribution in [-0.2, 0) is 13.0 Å². The van der Waals surface area contributed by atoms with Gasteiger partial charge in [0.05, 0.1) is 0 Å². The van der Waals surface area contributed by atoms with Crippen LogP contribution >= 0.6 is 11.6 Å². The van der Waals surface area contributed by atoms with Crippen LogP contribution in [0.25, 0.3) is 0 Å². The molecule has 1 aromatic rings. The maximum atomic E-state index is 6.29. The Morgan fingerprint density at radius 2 is 2.20 bits per heavy atom. The largest absolute Gasteiger partial charge is 0.313 e. The highest BCUT2D eigenvalue weighted by molar-refractivity contribution is 6.31. The van der Waals surface area contributed by atoms with Crippen LogP contribution in [0, 0.1) is 0 Å². The smallest absolute Gasteiger partial charge is 0.0441 e. The Morgan fingerprint density at radius 3 is 3.13 bits per heavy atom. The maximum Gasteiger partial charge on any atom is 0.0441 e.